The lowest BCUT2D eigenvalue weighted by Gasteiger charge is -2.38. The zero-order valence-electron chi connectivity index (χ0n) is 14.9. The molecule has 1 aromatic rings. The normalized spacial score (nSPS) is 22.3. The van der Waals surface area contributed by atoms with Crippen LogP contribution in [0.5, 0.6) is 0 Å². The predicted octanol–water partition coefficient (Wildman–Crippen LogP) is 3.01. The first-order valence-corrected chi connectivity index (χ1v) is 9.34. The van der Waals surface area contributed by atoms with Gasteiger partial charge in [0.05, 0.1) is 0 Å². The molecule has 2 amide bonds. The fourth-order valence-corrected chi connectivity index (χ4v) is 4.06. The van der Waals surface area contributed by atoms with Crippen molar-refractivity contribution in [2.75, 3.05) is 19.6 Å². The fourth-order valence-electron chi connectivity index (χ4n) is 4.06. The molecule has 136 valence electrons. The number of amides is 2. The Morgan fingerprint density at radius 2 is 2.16 bits per heavy atom. The highest BCUT2D eigenvalue weighted by atomic mass is 19.1. The summed E-state index contributed by atoms with van der Waals surface area (Å²) in [7, 11) is 0. The van der Waals surface area contributed by atoms with Crippen molar-refractivity contribution in [2.45, 2.75) is 51.5 Å². The Kier molecular flexibility index (Phi) is 5.71. The predicted molar refractivity (Wildman–Crippen MR) is 94.4 cm³/mol. The van der Waals surface area contributed by atoms with E-state index >= 15 is 0 Å². The number of rotatable bonds is 5. The number of nitrogens with zero attached hydrogens (tertiary/aromatic N) is 2. The van der Waals surface area contributed by atoms with E-state index < -0.39 is 0 Å². The molecule has 2 fully saturated rings. The molecule has 2 aliphatic rings. The van der Waals surface area contributed by atoms with E-state index in [1.807, 2.05) is 22.8 Å². The van der Waals surface area contributed by atoms with Crippen LogP contribution in [0.25, 0.3) is 0 Å². The number of likely N-dealkylation sites (tertiary alicyclic amines) is 2. The molecule has 3 rings (SSSR count). The van der Waals surface area contributed by atoms with Crippen molar-refractivity contribution in [1.29, 1.82) is 0 Å². The van der Waals surface area contributed by atoms with Gasteiger partial charge in [-0.1, -0.05) is 19.1 Å². The molecule has 0 aliphatic carbocycles. The molecule has 0 spiro atoms. The molecule has 0 aromatic heterocycles. The number of carbonyl (C=O) groups is 2. The summed E-state index contributed by atoms with van der Waals surface area (Å²) in [5, 5.41) is 0. The van der Waals surface area contributed by atoms with Gasteiger partial charge in [-0.2, -0.15) is 0 Å². The Balaban J connectivity index is 1.52. The van der Waals surface area contributed by atoms with Gasteiger partial charge in [-0.15, -0.1) is 0 Å². The second-order valence-corrected chi connectivity index (χ2v) is 7.47. The zero-order valence-corrected chi connectivity index (χ0v) is 14.9. The maximum atomic E-state index is 13.3. The SMILES string of the molecule is C[C@@H](CC(=O)N1CCC[C@@H](N2CCCC2=O)C1)Cc1cccc(F)c1. The van der Waals surface area contributed by atoms with Crippen LogP contribution >= 0.6 is 0 Å². The lowest BCUT2D eigenvalue weighted by molar-refractivity contribution is -0.138. The highest BCUT2D eigenvalue weighted by Crippen LogP contribution is 2.23. The Hall–Kier alpha value is -1.91. The molecule has 2 aliphatic heterocycles. The van der Waals surface area contributed by atoms with Crippen molar-refractivity contribution >= 4 is 11.8 Å². The Labute approximate surface area is 149 Å². The van der Waals surface area contributed by atoms with Crippen molar-refractivity contribution < 1.29 is 14.0 Å². The standard InChI is InChI=1S/C20H27FN2O2/c1-15(11-16-5-2-6-17(21)13-16)12-20(25)22-9-3-7-18(14-22)23-10-4-8-19(23)24/h2,5-6,13,15,18H,3-4,7-12,14H2,1H3/t15-,18-/m1/s1. The molecular formula is C20H27FN2O2. The van der Waals surface area contributed by atoms with Crippen LogP contribution in [0.3, 0.4) is 0 Å². The van der Waals surface area contributed by atoms with Crippen LogP contribution in [0.15, 0.2) is 24.3 Å². The summed E-state index contributed by atoms with van der Waals surface area (Å²) in [4.78, 5) is 28.5. The quantitative estimate of drug-likeness (QED) is 0.822. The Bertz CT molecular complexity index is 634. The number of piperidine rings is 1. The van der Waals surface area contributed by atoms with Gasteiger partial charge in [-0.3, -0.25) is 9.59 Å². The summed E-state index contributed by atoms with van der Waals surface area (Å²) in [5.41, 5.74) is 0.930. The van der Waals surface area contributed by atoms with Crippen molar-refractivity contribution in [2.24, 2.45) is 5.92 Å². The highest BCUT2D eigenvalue weighted by Gasteiger charge is 2.32. The van der Waals surface area contributed by atoms with E-state index in [-0.39, 0.29) is 29.6 Å². The number of halogens is 1. The summed E-state index contributed by atoms with van der Waals surface area (Å²) in [6.07, 6.45) is 4.71. The first-order chi connectivity index (χ1) is 12.0. The third kappa shape index (κ3) is 4.59. The molecule has 5 heteroatoms. The van der Waals surface area contributed by atoms with Gasteiger partial charge in [0.2, 0.25) is 11.8 Å². The fraction of sp³-hybridized carbons (Fsp3) is 0.600. The van der Waals surface area contributed by atoms with Gasteiger partial charge in [0, 0.05) is 38.5 Å². The third-order valence-corrected chi connectivity index (χ3v) is 5.30. The second-order valence-electron chi connectivity index (χ2n) is 7.47. The number of hydrogen-bond acceptors (Lipinski definition) is 2. The van der Waals surface area contributed by atoms with Crippen LogP contribution in [-0.4, -0.2) is 47.3 Å². The largest absolute Gasteiger partial charge is 0.341 e. The van der Waals surface area contributed by atoms with Crippen LogP contribution < -0.4 is 0 Å². The summed E-state index contributed by atoms with van der Waals surface area (Å²) in [6.45, 7) is 4.32. The van der Waals surface area contributed by atoms with E-state index in [4.69, 9.17) is 0 Å². The molecule has 0 bridgehead atoms. The van der Waals surface area contributed by atoms with Gasteiger partial charge in [0.15, 0.2) is 0 Å². The van der Waals surface area contributed by atoms with Crippen molar-refractivity contribution in [3.05, 3.63) is 35.6 Å². The molecule has 4 nitrogen and oxygen atoms in total. The van der Waals surface area contributed by atoms with E-state index in [2.05, 4.69) is 0 Å². The van der Waals surface area contributed by atoms with Crippen molar-refractivity contribution in [3.8, 4) is 0 Å². The Morgan fingerprint density at radius 3 is 2.88 bits per heavy atom. The second kappa shape index (κ2) is 7.98. The van der Waals surface area contributed by atoms with Gasteiger partial charge >= 0.3 is 0 Å². The highest BCUT2D eigenvalue weighted by molar-refractivity contribution is 5.79. The average molecular weight is 346 g/mol. The maximum absolute atomic E-state index is 13.3. The van der Waals surface area contributed by atoms with E-state index in [0.717, 1.165) is 37.9 Å². The van der Waals surface area contributed by atoms with Crippen LogP contribution in [0.4, 0.5) is 4.39 Å². The van der Waals surface area contributed by atoms with Gasteiger partial charge in [0.1, 0.15) is 5.82 Å². The number of carbonyl (C=O) groups excluding carboxylic acids is 2. The van der Waals surface area contributed by atoms with Gasteiger partial charge < -0.3 is 9.80 Å². The van der Waals surface area contributed by atoms with E-state index in [0.29, 0.717) is 25.8 Å². The molecule has 25 heavy (non-hydrogen) atoms. The lowest BCUT2D eigenvalue weighted by Crippen LogP contribution is -2.50. The molecule has 0 radical (unpaired) electrons. The molecule has 2 atom stereocenters. The first-order valence-electron chi connectivity index (χ1n) is 9.34. The monoisotopic (exact) mass is 346 g/mol. The molecular weight excluding hydrogens is 319 g/mol. The summed E-state index contributed by atoms with van der Waals surface area (Å²) < 4.78 is 13.3. The van der Waals surface area contributed by atoms with Crippen LogP contribution in [0.2, 0.25) is 0 Å². The van der Waals surface area contributed by atoms with Crippen molar-refractivity contribution in [3.63, 3.8) is 0 Å². The molecule has 0 N–H and O–H groups in total. The topological polar surface area (TPSA) is 40.6 Å². The minimum atomic E-state index is -0.231. The summed E-state index contributed by atoms with van der Waals surface area (Å²) >= 11 is 0. The van der Waals surface area contributed by atoms with E-state index in [1.54, 1.807) is 6.07 Å². The van der Waals surface area contributed by atoms with Gasteiger partial charge in [0.25, 0.3) is 0 Å². The van der Waals surface area contributed by atoms with Crippen LogP contribution in [0, 0.1) is 11.7 Å². The molecule has 1 aromatic carbocycles. The van der Waals surface area contributed by atoms with Gasteiger partial charge in [-0.25, -0.2) is 4.39 Å². The minimum Gasteiger partial charge on any atom is -0.341 e. The van der Waals surface area contributed by atoms with Crippen LogP contribution in [-0.2, 0) is 16.0 Å². The summed E-state index contributed by atoms with van der Waals surface area (Å²) in [6, 6.07) is 6.77. The average Bonchev–Trinajstić information content (AvgIpc) is 3.01. The van der Waals surface area contributed by atoms with E-state index in [1.165, 1.54) is 12.1 Å². The Morgan fingerprint density at radius 1 is 1.32 bits per heavy atom. The van der Waals surface area contributed by atoms with Gasteiger partial charge in [-0.05, 0) is 49.3 Å². The number of hydrogen-bond donors (Lipinski definition) is 0. The zero-order chi connectivity index (χ0) is 17.8. The first kappa shape index (κ1) is 17.9. The lowest BCUT2D eigenvalue weighted by atomic mass is 9.96. The summed E-state index contributed by atoms with van der Waals surface area (Å²) in [5.74, 6) is 0.326. The third-order valence-electron chi connectivity index (χ3n) is 5.30. The van der Waals surface area contributed by atoms with Crippen LogP contribution in [0.1, 0.15) is 44.6 Å². The number of benzene rings is 1. The smallest absolute Gasteiger partial charge is 0.222 e. The van der Waals surface area contributed by atoms with Crippen molar-refractivity contribution in [1.82, 2.24) is 9.80 Å². The minimum absolute atomic E-state index is 0.153. The molecule has 2 heterocycles. The molecule has 0 saturated carbocycles. The van der Waals surface area contributed by atoms with E-state index in [9.17, 15) is 14.0 Å². The maximum Gasteiger partial charge on any atom is 0.222 e. The molecule has 0 unspecified atom stereocenters. The molecule has 2 saturated heterocycles.